The summed E-state index contributed by atoms with van der Waals surface area (Å²) < 4.78 is 7.39. The Balaban J connectivity index is 1.44. The van der Waals surface area contributed by atoms with Gasteiger partial charge >= 0.3 is 0 Å². The van der Waals surface area contributed by atoms with Crippen molar-refractivity contribution < 1.29 is 14.6 Å². The number of hydrogen-bond acceptors (Lipinski definition) is 8. The highest BCUT2D eigenvalue weighted by Gasteiger charge is 2.35. The molecule has 0 aliphatic heterocycles. The first-order chi connectivity index (χ1) is 15.1. The lowest BCUT2D eigenvalue weighted by Crippen LogP contribution is -2.49. The number of amides is 1. The molecular weight excluding hydrogens is 398 g/mol. The Morgan fingerprint density at radius 1 is 1.23 bits per heavy atom. The molecule has 1 aliphatic carbocycles. The van der Waals surface area contributed by atoms with Crippen molar-refractivity contribution in [3.63, 3.8) is 0 Å². The number of aliphatic hydroxyl groups excluding tert-OH is 1. The number of aliphatic hydroxyl groups is 1. The number of nitrogens with two attached hydrogens (primary N) is 2. The smallest absolute Gasteiger partial charge is 0.251 e. The van der Waals surface area contributed by atoms with Crippen molar-refractivity contribution in [3.8, 4) is 5.75 Å². The zero-order valence-corrected chi connectivity index (χ0v) is 17.1. The van der Waals surface area contributed by atoms with Gasteiger partial charge in [-0.1, -0.05) is 0 Å². The van der Waals surface area contributed by atoms with Gasteiger partial charge in [-0.15, -0.1) is 0 Å². The Kier molecular flexibility index (Phi) is 6.28. The monoisotopic (exact) mass is 425 g/mol. The maximum absolute atomic E-state index is 12.7. The van der Waals surface area contributed by atoms with Crippen LogP contribution in [0.5, 0.6) is 5.75 Å². The molecule has 31 heavy (non-hydrogen) atoms. The van der Waals surface area contributed by atoms with Crippen LogP contribution in [-0.2, 0) is 0 Å². The van der Waals surface area contributed by atoms with E-state index in [0.29, 0.717) is 47.9 Å². The van der Waals surface area contributed by atoms with E-state index >= 15 is 0 Å². The molecule has 0 saturated heterocycles. The number of nitrogen functional groups attached to an aromatic ring is 1. The highest BCUT2D eigenvalue weighted by Crippen LogP contribution is 2.32. The lowest BCUT2D eigenvalue weighted by Gasteiger charge is -2.36. The van der Waals surface area contributed by atoms with E-state index in [4.69, 9.17) is 16.2 Å². The van der Waals surface area contributed by atoms with Gasteiger partial charge in [-0.2, -0.15) is 0 Å². The average Bonchev–Trinajstić information content (AvgIpc) is 3.21. The number of ether oxygens (including phenoxy) is 1. The van der Waals surface area contributed by atoms with Crippen LogP contribution in [0, 0.1) is 0 Å². The van der Waals surface area contributed by atoms with Crippen molar-refractivity contribution in [2.75, 3.05) is 18.9 Å². The second-order valence-electron chi connectivity index (χ2n) is 7.67. The van der Waals surface area contributed by atoms with E-state index in [-0.39, 0.29) is 18.0 Å². The average molecular weight is 425 g/mol. The summed E-state index contributed by atoms with van der Waals surface area (Å²) in [7, 11) is 0. The van der Waals surface area contributed by atoms with Gasteiger partial charge < -0.3 is 31.2 Å². The predicted molar refractivity (Wildman–Crippen MR) is 115 cm³/mol. The topological polar surface area (TPSA) is 154 Å². The lowest BCUT2D eigenvalue weighted by molar-refractivity contribution is 0.0410. The summed E-state index contributed by atoms with van der Waals surface area (Å²) >= 11 is 0. The van der Waals surface area contributed by atoms with Gasteiger partial charge in [0.15, 0.2) is 11.5 Å². The number of nitrogens with zero attached hydrogens (tertiary/aromatic N) is 4. The fourth-order valence-corrected chi connectivity index (χ4v) is 3.96. The molecule has 1 aliphatic rings. The predicted octanol–water partition coefficient (Wildman–Crippen LogP) is 1.02. The summed E-state index contributed by atoms with van der Waals surface area (Å²) in [5.74, 6) is 0.755. The molecule has 3 aromatic rings. The Labute approximate surface area is 179 Å². The summed E-state index contributed by atoms with van der Waals surface area (Å²) in [6.07, 6.45) is 5.27. The van der Waals surface area contributed by atoms with Crippen LogP contribution in [0.25, 0.3) is 11.2 Å². The van der Waals surface area contributed by atoms with Crippen molar-refractivity contribution in [3.05, 3.63) is 42.5 Å². The van der Waals surface area contributed by atoms with Gasteiger partial charge in [-0.05, 0) is 56.5 Å². The first-order valence-electron chi connectivity index (χ1n) is 10.4. The highest BCUT2D eigenvalue weighted by molar-refractivity contribution is 5.94. The van der Waals surface area contributed by atoms with Crippen LogP contribution in [0.4, 0.5) is 5.82 Å². The third-order valence-corrected chi connectivity index (χ3v) is 5.62. The van der Waals surface area contributed by atoms with Gasteiger partial charge in [-0.25, -0.2) is 15.0 Å². The third kappa shape index (κ3) is 4.44. The summed E-state index contributed by atoms with van der Waals surface area (Å²) in [6, 6.07) is 6.28. The van der Waals surface area contributed by atoms with Gasteiger partial charge in [0.1, 0.15) is 17.6 Å². The zero-order chi connectivity index (χ0) is 21.8. The van der Waals surface area contributed by atoms with Crippen molar-refractivity contribution >= 4 is 22.9 Å². The number of imidazole rings is 1. The number of carbonyl (C=O) groups excluding carboxylic acids is 1. The van der Waals surface area contributed by atoms with Crippen LogP contribution in [0.2, 0.25) is 0 Å². The number of benzene rings is 1. The number of rotatable bonds is 7. The van der Waals surface area contributed by atoms with Crippen LogP contribution >= 0.6 is 0 Å². The summed E-state index contributed by atoms with van der Waals surface area (Å²) in [4.78, 5) is 25.3. The molecule has 1 amide bonds. The van der Waals surface area contributed by atoms with E-state index in [9.17, 15) is 9.90 Å². The van der Waals surface area contributed by atoms with E-state index in [2.05, 4.69) is 20.3 Å². The summed E-state index contributed by atoms with van der Waals surface area (Å²) in [5, 5.41) is 14.0. The maximum atomic E-state index is 12.7. The van der Waals surface area contributed by atoms with Gasteiger partial charge in [-0.3, -0.25) is 4.79 Å². The molecular formula is C21H27N7O3. The largest absolute Gasteiger partial charge is 0.494 e. The van der Waals surface area contributed by atoms with Crippen LogP contribution in [0.15, 0.2) is 36.9 Å². The van der Waals surface area contributed by atoms with Crippen LogP contribution in [0.3, 0.4) is 0 Å². The minimum Gasteiger partial charge on any atom is -0.494 e. The molecule has 6 N–H and O–H groups in total. The Morgan fingerprint density at radius 2 is 2.03 bits per heavy atom. The van der Waals surface area contributed by atoms with E-state index in [0.717, 1.165) is 19.3 Å². The minimum absolute atomic E-state index is 0.236. The molecule has 0 unspecified atom stereocenters. The second kappa shape index (κ2) is 9.27. The van der Waals surface area contributed by atoms with Crippen molar-refractivity contribution in [2.24, 2.45) is 5.73 Å². The Hall–Kier alpha value is -3.24. The second-order valence-corrected chi connectivity index (χ2v) is 7.67. The molecule has 164 valence electrons. The first kappa shape index (κ1) is 21.0. The molecule has 4 rings (SSSR count). The number of carbonyl (C=O) groups is 1. The molecule has 1 aromatic carbocycles. The van der Waals surface area contributed by atoms with Crippen LogP contribution < -0.4 is 21.5 Å². The standard InChI is InChI=1S/C21H27N7O3/c22-9-2-10-31-14-7-5-13(6-8-14)21(30)27-15-3-1-4-16(18(15)29)28-12-26-17-19(23)24-11-25-20(17)28/h5-8,11-12,15-16,18,29H,1-4,9-10,22H2,(H,27,30)(H2,23,24,25)/t15-,16-,18-/m0/s1. The highest BCUT2D eigenvalue weighted by atomic mass is 16.5. The normalized spacial score (nSPS) is 21.2. The molecule has 10 heteroatoms. The number of aromatic nitrogens is 4. The van der Waals surface area contributed by atoms with Gasteiger partial charge in [0.05, 0.1) is 31.1 Å². The van der Waals surface area contributed by atoms with Gasteiger partial charge in [0.2, 0.25) is 0 Å². The molecule has 0 bridgehead atoms. The van der Waals surface area contributed by atoms with Crippen LogP contribution in [-0.4, -0.2) is 55.8 Å². The zero-order valence-electron chi connectivity index (χ0n) is 17.1. The third-order valence-electron chi connectivity index (χ3n) is 5.62. The lowest BCUT2D eigenvalue weighted by atomic mass is 9.87. The SMILES string of the molecule is NCCCOc1ccc(C(=O)N[C@H]2CCC[C@H](n3cnc4c(N)ncnc43)[C@H]2O)cc1. The number of nitrogens with one attached hydrogen (secondary N) is 1. The molecule has 2 heterocycles. The number of anilines is 1. The quantitative estimate of drug-likeness (QED) is 0.409. The molecule has 2 aromatic heterocycles. The maximum Gasteiger partial charge on any atom is 0.251 e. The van der Waals surface area contributed by atoms with Crippen molar-refractivity contribution in [1.82, 2.24) is 24.8 Å². The van der Waals surface area contributed by atoms with Crippen LogP contribution in [0.1, 0.15) is 42.1 Å². The number of fused-ring (bicyclic) bond motifs is 1. The molecule has 0 radical (unpaired) electrons. The fourth-order valence-electron chi connectivity index (χ4n) is 3.96. The fraction of sp³-hybridized carbons (Fsp3) is 0.429. The molecule has 0 spiro atoms. The van der Waals surface area contributed by atoms with Crippen molar-refractivity contribution in [1.29, 1.82) is 0 Å². The molecule has 1 saturated carbocycles. The van der Waals surface area contributed by atoms with Crippen molar-refractivity contribution in [2.45, 2.75) is 43.9 Å². The van der Waals surface area contributed by atoms with Gasteiger partial charge in [0, 0.05) is 5.56 Å². The van der Waals surface area contributed by atoms with Gasteiger partial charge in [0.25, 0.3) is 5.91 Å². The van der Waals surface area contributed by atoms with E-state index in [1.807, 2.05) is 4.57 Å². The Morgan fingerprint density at radius 3 is 2.81 bits per heavy atom. The number of hydrogen-bond donors (Lipinski definition) is 4. The first-order valence-corrected chi connectivity index (χ1v) is 10.4. The minimum atomic E-state index is -0.787. The summed E-state index contributed by atoms with van der Waals surface area (Å²) in [6.45, 7) is 1.11. The molecule has 10 nitrogen and oxygen atoms in total. The van der Waals surface area contributed by atoms with E-state index in [1.165, 1.54) is 6.33 Å². The van der Waals surface area contributed by atoms with E-state index in [1.54, 1.807) is 30.6 Å². The summed E-state index contributed by atoms with van der Waals surface area (Å²) in [5.41, 5.74) is 12.9. The van der Waals surface area contributed by atoms with E-state index < -0.39 is 6.10 Å². The molecule has 3 atom stereocenters. The Bertz CT molecular complexity index is 1040. The molecule has 1 fully saturated rings.